The van der Waals surface area contributed by atoms with Crippen molar-refractivity contribution < 1.29 is 40.5 Å². The third-order valence-corrected chi connectivity index (χ3v) is 4.53. The summed E-state index contributed by atoms with van der Waals surface area (Å²) in [6.45, 7) is 5.93. The van der Waals surface area contributed by atoms with Gasteiger partial charge in [0.2, 0.25) is 0 Å². The molecular formula is C13H17N2NaO2S2. The number of ether oxygens (including phenoxy) is 1. The molecule has 2 aromatic rings. The van der Waals surface area contributed by atoms with Gasteiger partial charge in [-0.1, -0.05) is 11.3 Å². The van der Waals surface area contributed by atoms with Crippen LogP contribution in [-0.4, -0.2) is 22.3 Å². The second kappa shape index (κ2) is 7.13. The Morgan fingerprint density at radius 1 is 1.55 bits per heavy atom. The molecule has 0 aliphatic rings. The Kier molecular flexibility index (Phi) is 6.34. The Hall–Kier alpha value is -0.270. The quantitative estimate of drug-likeness (QED) is 0.503. The average molecular weight is 320 g/mol. The van der Waals surface area contributed by atoms with Crippen molar-refractivity contribution in [3.05, 3.63) is 18.2 Å². The molecule has 0 unspecified atom stereocenters. The molecule has 7 heteroatoms. The van der Waals surface area contributed by atoms with Gasteiger partial charge in [0.05, 0.1) is 16.8 Å². The minimum absolute atomic E-state index is 0. The van der Waals surface area contributed by atoms with Crippen LogP contribution in [0.1, 0.15) is 22.2 Å². The molecule has 1 heterocycles. The Labute approximate surface area is 150 Å². The van der Waals surface area contributed by atoms with Gasteiger partial charge >= 0.3 is 35.5 Å². The number of rotatable bonds is 4. The first-order chi connectivity index (χ1) is 8.92. The van der Waals surface area contributed by atoms with Crippen LogP contribution in [0, 0.1) is 0 Å². The van der Waals surface area contributed by atoms with Crippen LogP contribution in [0.2, 0.25) is 0 Å². The first-order valence-electron chi connectivity index (χ1n) is 5.94. The number of esters is 1. The molecule has 2 N–H and O–H groups in total. The van der Waals surface area contributed by atoms with Gasteiger partial charge in [0.15, 0.2) is 5.13 Å². The van der Waals surface area contributed by atoms with Crippen LogP contribution < -0.4 is 35.3 Å². The number of thiazole rings is 1. The van der Waals surface area contributed by atoms with E-state index < -0.39 is 4.75 Å². The standard InChI is InChI=1S/C13H16N2O2S2.Na.H/c1-4-17-11(16)13(2,3)19-8-5-6-9-10(7-8)18-12(14)15-9;;/h5-7H,4H2,1-3H3,(H2,14,15);;/q;+1;-1. The summed E-state index contributed by atoms with van der Waals surface area (Å²) in [5, 5.41) is 0.557. The first kappa shape index (κ1) is 17.8. The molecule has 0 atom stereocenters. The topological polar surface area (TPSA) is 65.2 Å². The number of hydrogen-bond donors (Lipinski definition) is 1. The molecule has 0 saturated carbocycles. The number of carbonyl (C=O) groups is 1. The number of hydrogen-bond acceptors (Lipinski definition) is 6. The SMILES string of the molecule is CCOC(=O)C(C)(C)Sc1ccc2nc(N)sc2c1.[H-].[Na+]. The number of carbonyl (C=O) groups excluding carboxylic acids is 1. The Morgan fingerprint density at radius 3 is 2.90 bits per heavy atom. The molecule has 0 spiro atoms. The maximum Gasteiger partial charge on any atom is 1.00 e. The van der Waals surface area contributed by atoms with E-state index in [1.165, 1.54) is 23.1 Å². The predicted molar refractivity (Wildman–Crippen MR) is 81.7 cm³/mol. The van der Waals surface area contributed by atoms with Crippen molar-refractivity contribution in [1.29, 1.82) is 0 Å². The van der Waals surface area contributed by atoms with E-state index >= 15 is 0 Å². The Balaban J connectivity index is 0.00000200. The van der Waals surface area contributed by atoms with Crippen LogP contribution >= 0.6 is 23.1 Å². The van der Waals surface area contributed by atoms with E-state index in [0.29, 0.717) is 11.7 Å². The van der Waals surface area contributed by atoms with Gasteiger partial charge in [-0.3, -0.25) is 4.79 Å². The second-order valence-corrected chi connectivity index (χ2v) is 7.27. The smallest absolute Gasteiger partial charge is 1.00 e. The molecule has 0 fully saturated rings. The summed E-state index contributed by atoms with van der Waals surface area (Å²) in [7, 11) is 0. The number of nitrogens with two attached hydrogens (primary N) is 1. The zero-order valence-electron chi connectivity index (χ0n) is 13.1. The van der Waals surface area contributed by atoms with Gasteiger partial charge < -0.3 is 11.9 Å². The van der Waals surface area contributed by atoms with Crippen LogP contribution in [-0.2, 0) is 9.53 Å². The normalized spacial score (nSPS) is 11.2. The van der Waals surface area contributed by atoms with Crippen molar-refractivity contribution in [3.8, 4) is 0 Å². The minimum Gasteiger partial charge on any atom is -1.00 e. The maximum atomic E-state index is 11.9. The van der Waals surface area contributed by atoms with Gasteiger partial charge in [-0.2, -0.15) is 0 Å². The van der Waals surface area contributed by atoms with Gasteiger partial charge in [0.1, 0.15) is 4.75 Å². The summed E-state index contributed by atoms with van der Waals surface area (Å²) in [5.74, 6) is -0.205. The molecular weight excluding hydrogens is 303 g/mol. The summed E-state index contributed by atoms with van der Waals surface area (Å²) in [4.78, 5) is 17.1. The van der Waals surface area contributed by atoms with E-state index in [4.69, 9.17) is 10.5 Å². The number of nitrogens with zero attached hydrogens (tertiary/aromatic N) is 1. The summed E-state index contributed by atoms with van der Waals surface area (Å²) in [6, 6.07) is 5.88. The molecule has 0 aliphatic heterocycles. The molecule has 0 saturated heterocycles. The monoisotopic (exact) mass is 320 g/mol. The number of anilines is 1. The average Bonchev–Trinajstić information content (AvgIpc) is 2.68. The largest absolute Gasteiger partial charge is 1.00 e. The number of fused-ring (bicyclic) bond motifs is 1. The van der Waals surface area contributed by atoms with Crippen molar-refractivity contribution in [1.82, 2.24) is 4.98 Å². The zero-order chi connectivity index (χ0) is 14.0. The van der Waals surface area contributed by atoms with Gasteiger partial charge in [0.25, 0.3) is 0 Å². The number of thioether (sulfide) groups is 1. The summed E-state index contributed by atoms with van der Waals surface area (Å²) in [5.41, 5.74) is 6.57. The summed E-state index contributed by atoms with van der Waals surface area (Å²) in [6.07, 6.45) is 0. The molecule has 0 radical (unpaired) electrons. The molecule has 20 heavy (non-hydrogen) atoms. The first-order valence-corrected chi connectivity index (χ1v) is 7.58. The van der Waals surface area contributed by atoms with Crippen molar-refractivity contribution in [2.45, 2.75) is 30.4 Å². The second-order valence-electron chi connectivity index (χ2n) is 4.51. The zero-order valence-corrected chi connectivity index (χ0v) is 15.7. The number of benzene rings is 1. The minimum atomic E-state index is -0.611. The van der Waals surface area contributed by atoms with E-state index in [-0.39, 0.29) is 37.0 Å². The predicted octanol–water partition coefficient (Wildman–Crippen LogP) is 0.429. The van der Waals surface area contributed by atoms with Gasteiger partial charge in [-0.05, 0) is 39.0 Å². The summed E-state index contributed by atoms with van der Waals surface area (Å²) < 4.78 is 5.50. The molecule has 0 aliphatic carbocycles. The van der Waals surface area contributed by atoms with E-state index in [2.05, 4.69) is 4.98 Å². The van der Waals surface area contributed by atoms with Gasteiger partial charge in [-0.15, -0.1) is 11.8 Å². The fraction of sp³-hybridized carbons (Fsp3) is 0.385. The fourth-order valence-corrected chi connectivity index (χ4v) is 3.52. The van der Waals surface area contributed by atoms with Crippen molar-refractivity contribution in [3.63, 3.8) is 0 Å². The maximum absolute atomic E-state index is 11.9. The van der Waals surface area contributed by atoms with Crippen molar-refractivity contribution in [2.24, 2.45) is 0 Å². The Morgan fingerprint density at radius 2 is 2.25 bits per heavy atom. The van der Waals surface area contributed by atoms with Crippen LogP contribution in [0.5, 0.6) is 0 Å². The van der Waals surface area contributed by atoms with Crippen LogP contribution in [0.4, 0.5) is 5.13 Å². The number of nitrogen functional groups attached to an aromatic ring is 1. The number of aromatic nitrogens is 1. The van der Waals surface area contributed by atoms with E-state index in [1.54, 1.807) is 0 Å². The molecule has 1 aromatic carbocycles. The van der Waals surface area contributed by atoms with Gasteiger partial charge in [-0.25, -0.2) is 4.98 Å². The molecule has 0 bridgehead atoms. The molecule has 0 amide bonds. The Bertz CT molecular complexity index is 619. The van der Waals surface area contributed by atoms with Crippen LogP contribution in [0.25, 0.3) is 10.2 Å². The third-order valence-electron chi connectivity index (χ3n) is 2.52. The van der Waals surface area contributed by atoms with Crippen molar-refractivity contribution >= 4 is 44.4 Å². The van der Waals surface area contributed by atoms with E-state index in [0.717, 1.165) is 15.1 Å². The molecule has 4 nitrogen and oxygen atoms in total. The molecule has 104 valence electrons. The fourth-order valence-electron chi connectivity index (χ4n) is 1.63. The molecule has 1 aromatic heterocycles. The van der Waals surface area contributed by atoms with E-state index in [1.807, 2.05) is 39.0 Å². The third kappa shape index (κ3) is 4.11. The van der Waals surface area contributed by atoms with Crippen LogP contribution in [0.3, 0.4) is 0 Å². The molecule has 2 rings (SSSR count). The van der Waals surface area contributed by atoms with Crippen LogP contribution in [0.15, 0.2) is 23.1 Å². The van der Waals surface area contributed by atoms with E-state index in [9.17, 15) is 4.79 Å². The summed E-state index contributed by atoms with van der Waals surface area (Å²) >= 11 is 2.93. The van der Waals surface area contributed by atoms with Crippen molar-refractivity contribution in [2.75, 3.05) is 12.3 Å². The van der Waals surface area contributed by atoms with Gasteiger partial charge in [0, 0.05) is 4.90 Å².